The zero-order valence-corrected chi connectivity index (χ0v) is 8.19. The second kappa shape index (κ2) is 15.9. The zero-order chi connectivity index (χ0) is 5.41. The Morgan fingerprint density at radius 1 is 1.67 bits per heavy atom. The first-order chi connectivity index (χ1) is 2.83. The van der Waals surface area contributed by atoms with Gasteiger partial charge in [-0.3, -0.25) is 0 Å². The number of halogens is 2. The molecule has 36 valence electrons. The summed E-state index contributed by atoms with van der Waals surface area (Å²) in [5, 5.41) is 0. The third kappa shape index (κ3) is 43.7. The molecule has 0 aliphatic rings. The van der Waals surface area contributed by atoms with Crippen molar-refractivity contribution in [1.82, 2.24) is 0 Å². The molecule has 0 nitrogen and oxygen atoms in total. The third-order valence-corrected chi connectivity index (χ3v) is 0. The van der Waals surface area contributed by atoms with E-state index in [2.05, 4.69) is 6.58 Å². The van der Waals surface area contributed by atoms with Gasteiger partial charge in [0.1, 0.15) is 0 Å². The summed E-state index contributed by atoms with van der Waals surface area (Å²) in [6, 6.07) is 0. The normalized spacial score (nSPS) is 4.50. The molecule has 0 rings (SSSR count). The molecule has 0 spiro atoms. The van der Waals surface area contributed by atoms with Crippen molar-refractivity contribution in [3.63, 3.8) is 0 Å². The van der Waals surface area contributed by atoms with Gasteiger partial charge in [-0.2, -0.15) is 0 Å². The predicted octanol–water partition coefficient (Wildman–Crippen LogP) is 2.57. The van der Waals surface area contributed by atoms with Crippen LogP contribution in [0.2, 0.25) is 0 Å². The Balaban J connectivity index is 0. The van der Waals surface area contributed by atoms with Crippen molar-refractivity contribution >= 4 is 11.3 Å². The van der Waals surface area contributed by atoms with Gasteiger partial charge < -0.3 is 0 Å². The molecule has 3 heteroatoms. The van der Waals surface area contributed by atoms with Crippen LogP contribution in [0, 0.1) is 34.4 Å². The van der Waals surface area contributed by atoms with Crippen molar-refractivity contribution in [2.75, 3.05) is 0 Å². The molecule has 0 aliphatic heterocycles. The van der Waals surface area contributed by atoms with Gasteiger partial charge in [-0.1, -0.05) is 6.08 Å². The van der Waals surface area contributed by atoms with Crippen LogP contribution in [-0.4, -0.2) is 0 Å². The van der Waals surface area contributed by atoms with Crippen molar-refractivity contribution in [2.24, 2.45) is 0 Å². The van der Waals surface area contributed by atoms with Crippen molar-refractivity contribution in [1.29, 1.82) is 0 Å². The first-order valence-electron chi connectivity index (χ1n) is 1.36. The standard InChI is InChI=1S/C3H6.Ce.2ClH/c1-3-2;;;/h3H,1H2,2H3;;2*1H/q;+2;;/p-2. The molecule has 0 N–H and O–H groups in total. The Labute approximate surface area is 64.0 Å². The quantitative estimate of drug-likeness (QED) is 0.582. The van der Waals surface area contributed by atoms with Crippen LogP contribution < -0.4 is 0 Å². The molecular weight excluding hydrogens is 247 g/mol. The predicted molar refractivity (Wildman–Crippen MR) is 27.6 cm³/mol. The van der Waals surface area contributed by atoms with Gasteiger partial charge in [-0.15, -0.1) is 6.58 Å². The monoisotopic (exact) mass is 252 g/mol. The number of rotatable bonds is 0. The average Bonchev–Trinajstić information content (AvgIpc) is 1.39. The molecule has 0 aliphatic carbocycles. The first kappa shape index (κ1) is 10.6. The summed E-state index contributed by atoms with van der Waals surface area (Å²) < 4.78 is 0. The molecule has 0 bridgehead atoms. The molecular formula is C3H6CeCl2. The van der Waals surface area contributed by atoms with Gasteiger partial charge in [0.2, 0.25) is 0 Å². The Bertz CT molecular complexity index is 22.8. The maximum atomic E-state index is 4.96. The molecule has 0 amide bonds. The number of hydrogen-bond acceptors (Lipinski definition) is 0. The molecule has 0 radical (unpaired) electrons. The van der Waals surface area contributed by atoms with Crippen LogP contribution in [0.25, 0.3) is 0 Å². The second-order valence-electron chi connectivity index (χ2n) is 0.480. The van der Waals surface area contributed by atoms with E-state index < -0.39 is 34.4 Å². The fourth-order valence-electron chi connectivity index (χ4n) is 0. The van der Waals surface area contributed by atoms with Gasteiger partial charge in [0.25, 0.3) is 0 Å². The van der Waals surface area contributed by atoms with E-state index in [1.165, 1.54) is 0 Å². The zero-order valence-electron chi connectivity index (χ0n) is 3.54. The maximum absolute atomic E-state index is 4.96. The number of allylic oxidation sites excluding steroid dienone is 1. The fraction of sp³-hybridized carbons (Fsp3) is 0.333. The third-order valence-electron chi connectivity index (χ3n) is 0. The Kier molecular flexibility index (Phi) is 28.2. The molecule has 0 aromatic rings. The Morgan fingerprint density at radius 2 is 1.67 bits per heavy atom. The Morgan fingerprint density at radius 3 is 1.67 bits per heavy atom. The van der Waals surface area contributed by atoms with E-state index in [1.807, 2.05) is 6.92 Å². The summed E-state index contributed by atoms with van der Waals surface area (Å²) in [6.07, 6.45) is 1.75. The minimum atomic E-state index is -0.972. The van der Waals surface area contributed by atoms with Gasteiger partial charge in [-0.05, 0) is 6.92 Å². The van der Waals surface area contributed by atoms with E-state index in [1.54, 1.807) is 6.08 Å². The van der Waals surface area contributed by atoms with Crippen LogP contribution >= 0.6 is 11.3 Å². The summed E-state index contributed by atoms with van der Waals surface area (Å²) in [4.78, 5) is 0. The van der Waals surface area contributed by atoms with Crippen LogP contribution in [0.4, 0.5) is 0 Å². The van der Waals surface area contributed by atoms with Crippen molar-refractivity contribution in [3.8, 4) is 0 Å². The molecule has 0 unspecified atom stereocenters. The van der Waals surface area contributed by atoms with Gasteiger partial charge in [-0.25, -0.2) is 0 Å². The minimum absolute atomic E-state index is 0.972. The van der Waals surface area contributed by atoms with Crippen molar-refractivity contribution in [3.05, 3.63) is 12.7 Å². The van der Waals surface area contributed by atoms with Crippen LogP contribution in [0.15, 0.2) is 12.7 Å². The van der Waals surface area contributed by atoms with E-state index in [0.29, 0.717) is 0 Å². The first-order valence-corrected chi connectivity index (χ1v) is 9.24. The van der Waals surface area contributed by atoms with Gasteiger partial charge in [0.05, 0.1) is 0 Å². The summed E-state index contributed by atoms with van der Waals surface area (Å²) in [6.45, 7) is 5.25. The molecule has 0 heterocycles. The number of hydrogen-bond donors (Lipinski definition) is 0. The van der Waals surface area contributed by atoms with Gasteiger partial charge in [0.15, 0.2) is 0 Å². The van der Waals surface area contributed by atoms with Crippen molar-refractivity contribution < 1.29 is 34.4 Å². The van der Waals surface area contributed by atoms with Crippen LogP contribution in [0.1, 0.15) is 6.92 Å². The van der Waals surface area contributed by atoms with Gasteiger partial charge >= 0.3 is 45.6 Å². The van der Waals surface area contributed by atoms with E-state index in [-0.39, 0.29) is 0 Å². The topological polar surface area (TPSA) is 0 Å². The average molecular weight is 253 g/mol. The molecule has 0 atom stereocenters. The molecule has 0 saturated heterocycles. The van der Waals surface area contributed by atoms with E-state index in [9.17, 15) is 0 Å². The fourth-order valence-corrected chi connectivity index (χ4v) is 0. The van der Waals surface area contributed by atoms with E-state index in [4.69, 9.17) is 11.3 Å². The molecule has 0 fully saturated rings. The van der Waals surface area contributed by atoms with Gasteiger partial charge in [0, 0.05) is 0 Å². The summed E-state index contributed by atoms with van der Waals surface area (Å²) >= 11 is -0.972. The summed E-state index contributed by atoms with van der Waals surface area (Å²) in [7, 11) is 0. The van der Waals surface area contributed by atoms with Crippen LogP contribution in [0.3, 0.4) is 0 Å². The van der Waals surface area contributed by atoms with E-state index in [0.717, 1.165) is 0 Å². The molecule has 0 saturated carbocycles. The summed E-state index contributed by atoms with van der Waals surface area (Å²) in [5.41, 5.74) is 9.92. The second-order valence-corrected chi connectivity index (χ2v) is 5.09. The van der Waals surface area contributed by atoms with E-state index >= 15 is 0 Å². The SMILES string of the molecule is C=CC.[Cl][Ce][Cl]. The van der Waals surface area contributed by atoms with Crippen LogP contribution in [-0.2, 0) is 0 Å². The molecule has 0 aromatic heterocycles. The Hall–Kier alpha value is 1.70. The van der Waals surface area contributed by atoms with Crippen LogP contribution in [0.5, 0.6) is 0 Å². The molecule has 6 heavy (non-hydrogen) atoms. The molecule has 0 aromatic carbocycles. The summed E-state index contributed by atoms with van der Waals surface area (Å²) in [5.74, 6) is 0. The van der Waals surface area contributed by atoms with Crippen molar-refractivity contribution in [2.45, 2.75) is 6.92 Å².